The van der Waals surface area contributed by atoms with E-state index in [1.54, 1.807) is 56.5 Å². The number of nitrogens with zero attached hydrogens (tertiary/aromatic N) is 1. The summed E-state index contributed by atoms with van der Waals surface area (Å²) in [6.45, 7) is 5.24. The minimum absolute atomic E-state index is 0.113. The fourth-order valence-electron chi connectivity index (χ4n) is 3.66. The van der Waals surface area contributed by atoms with Crippen LogP contribution in [0.25, 0.3) is 0 Å². The third kappa shape index (κ3) is 5.90. The van der Waals surface area contributed by atoms with Crippen molar-refractivity contribution in [2.75, 3.05) is 18.0 Å². The van der Waals surface area contributed by atoms with Gasteiger partial charge in [0, 0.05) is 5.02 Å². The van der Waals surface area contributed by atoms with Crippen molar-refractivity contribution in [2.24, 2.45) is 0 Å². The van der Waals surface area contributed by atoms with Gasteiger partial charge < -0.3 is 10.1 Å². The van der Waals surface area contributed by atoms with Crippen LogP contribution in [0, 0.1) is 13.8 Å². The van der Waals surface area contributed by atoms with Crippen molar-refractivity contribution in [1.82, 2.24) is 5.32 Å². The lowest BCUT2D eigenvalue weighted by Gasteiger charge is -2.27. The molecule has 1 amide bonds. The number of hydrogen-bond acceptors (Lipinski definition) is 4. The summed E-state index contributed by atoms with van der Waals surface area (Å²) in [5, 5.41) is 3.46. The Bertz CT molecular complexity index is 1240. The highest BCUT2D eigenvalue weighted by atomic mass is 35.5. The second-order valence-electron chi connectivity index (χ2n) is 8.06. The van der Waals surface area contributed by atoms with Crippen molar-refractivity contribution < 1.29 is 17.9 Å². The predicted molar refractivity (Wildman–Crippen MR) is 136 cm³/mol. The number of anilines is 1. The summed E-state index contributed by atoms with van der Waals surface area (Å²) >= 11 is 6.10. The molecule has 8 heteroatoms. The van der Waals surface area contributed by atoms with Crippen LogP contribution < -0.4 is 14.4 Å². The van der Waals surface area contributed by atoms with Crippen molar-refractivity contribution in [3.8, 4) is 5.75 Å². The SMILES string of the molecule is CCC(NC(=O)CN(c1ccc(Cl)cc1C)S(=O)(=O)c1ccc(C)cc1)c1ccc(OC)cc1. The average Bonchev–Trinajstić information content (AvgIpc) is 2.82. The van der Waals surface area contributed by atoms with E-state index in [0.717, 1.165) is 21.2 Å². The molecule has 0 heterocycles. The zero-order valence-electron chi connectivity index (χ0n) is 19.7. The number of benzene rings is 3. The number of methoxy groups -OCH3 is 1. The first-order valence-corrected chi connectivity index (χ1v) is 12.8. The van der Waals surface area contributed by atoms with E-state index >= 15 is 0 Å². The fourth-order valence-corrected chi connectivity index (χ4v) is 5.38. The molecule has 0 bridgehead atoms. The molecule has 1 atom stereocenters. The largest absolute Gasteiger partial charge is 0.497 e. The van der Waals surface area contributed by atoms with Crippen LogP contribution in [0.5, 0.6) is 5.75 Å². The molecule has 3 aromatic carbocycles. The monoisotopic (exact) mass is 500 g/mol. The van der Waals surface area contributed by atoms with Crippen LogP contribution in [0.1, 0.15) is 36.1 Å². The Morgan fingerprint density at radius 1 is 1.03 bits per heavy atom. The first-order chi connectivity index (χ1) is 16.1. The Morgan fingerprint density at radius 3 is 2.24 bits per heavy atom. The molecule has 0 spiro atoms. The van der Waals surface area contributed by atoms with Gasteiger partial charge in [-0.05, 0) is 73.9 Å². The van der Waals surface area contributed by atoms with E-state index in [9.17, 15) is 13.2 Å². The average molecular weight is 501 g/mol. The summed E-state index contributed by atoms with van der Waals surface area (Å²) in [5.74, 6) is 0.311. The Balaban J connectivity index is 1.93. The molecular weight excluding hydrogens is 472 g/mol. The summed E-state index contributed by atoms with van der Waals surface area (Å²) in [4.78, 5) is 13.2. The van der Waals surface area contributed by atoms with E-state index in [2.05, 4.69) is 5.32 Å². The minimum Gasteiger partial charge on any atom is -0.497 e. The van der Waals surface area contributed by atoms with E-state index in [1.165, 1.54) is 0 Å². The predicted octanol–water partition coefficient (Wildman–Crippen LogP) is 5.43. The zero-order valence-corrected chi connectivity index (χ0v) is 21.3. The molecule has 0 aliphatic rings. The van der Waals surface area contributed by atoms with Gasteiger partial charge in [-0.3, -0.25) is 9.10 Å². The number of halogens is 1. The second-order valence-corrected chi connectivity index (χ2v) is 10.4. The smallest absolute Gasteiger partial charge is 0.264 e. The van der Waals surface area contributed by atoms with Gasteiger partial charge in [0.15, 0.2) is 0 Å². The lowest BCUT2D eigenvalue weighted by atomic mass is 10.0. The Kier molecular flexibility index (Phi) is 8.23. The van der Waals surface area contributed by atoms with E-state index < -0.39 is 15.9 Å². The van der Waals surface area contributed by atoms with Crippen LogP contribution in [0.4, 0.5) is 5.69 Å². The van der Waals surface area contributed by atoms with Crippen LogP contribution in [0.2, 0.25) is 5.02 Å². The maximum absolute atomic E-state index is 13.6. The summed E-state index contributed by atoms with van der Waals surface area (Å²) in [5.41, 5.74) is 2.90. The van der Waals surface area contributed by atoms with Gasteiger partial charge >= 0.3 is 0 Å². The highest BCUT2D eigenvalue weighted by Gasteiger charge is 2.29. The number of nitrogens with one attached hydrogen (secondary N) is 1. The molecule has 0 saturated carbocycles. The molecule has 1 N–H and O–H groups in total. The third-order valence-electron chi connectivity index (χ3n) is 5.59. The second kappa shape index (κ2) is 10.9. The van der Waals surface area contributed by atoms with Crippen molar-refractivity contribution in [2.45, 2.75) is 38.1 Å². The van der Waals surface area contributed by atoms with E-state index in [0.29, 0.717) is 22.7 Å². The maximum Gasteiger partial charge on any atom is 0.264 e. The van der Waals surface area contributed by atoms with Gasteiger partial charge in [0.1, 0.15) is 12.3 Å². The Morgan fingerprint density at radius 2 is 1.68 bits per heavy atom. The number of amides is 1. The molecule has 180 valence electrons. The van der Waals surface area contributed by atoms with E-state index in [-0.39, 0.29) is 17.5 Å². The number of rotatable bonds is 9. The first-order valence-electron chi connectivity index (χ1n) is 10.9. The van der Waals surface area contributed by atoms with Gasteiger partial charge in [0.05, 0.1) is 23.7 Å². The normalized spacial score (nSPS) is 12.1. The minimum atomic E-state index is -4.00. The van der Waals surface area contributed by atoms with E-state index in [1.807, 2.05) is 38.1 Å². The van der Waals surface area contributed by atoms with Gasteiger partial charge in [0.25, 0.3) is 10.0 Å². The summed E-state index contributed by atoms with van der Waals surface area (Å²) in [7, 11) is -2.41. The fraction of sp³-hybridized carbons (Fsp3) is 0.269. The van der Waals surface area contributed by atoms with Crippen LogP contribution in [-0.2, 0) is 14.8 Å². The van der Waals surface area contributed by atoms with Gasteiger partial charge in [-0.15, -0.1) is 0 Å². The van der Waals surface area contributed by atoms with Crippen LogP contribution in [0.15, 0.2) is 71.6 Å². The Labute approximate surface area is 206 Å². The molecule has 0 radical (unpaired) electrons. The molecule has 6 nitrogen and oxygen atoms in total. The van der Waals surface area contributed by atoms with Crippen molar-refractivity contribution in [3.05, 3.63) is 88.4 Å². The summed E-state index contributed by atoms with van der Waals surface area (Å²) in [6.07, 6.45) is 0.642. The maximum atomic E-state index is 13.6. The van der Waals surface area contributed by atoms with Gasteiger partial charge in [-0.2, -0.15) is 0 Å². The molecule has 0 saturated heterocycles. The molecule has 0 aliphatic carbocycles. The summed E-state index contributed by atoms with van der Waals surface area (Å²) < 4.78 is 33.6. The number of carbonyl (C=O) groups is 1. The number of ether oxygens (including phenoxy) is 1. The van der Waals surface area contributed by atoms with Gasteiger partial charge in [-0.1, -0.05) is 48.4 Å². The lowest BCUT2D eigenvalue weighted by molar-refractivity contribution is -0.120. The molecule has 0 aliphatic heterocycles. The molecule has 34 heavy (non-hydrogen) atoms. The third-order valence-corrected chi connectivity index (χ3v) is 7.59. The Hall–Kier alpha value is -3.03. The molecule has 0 fully saturated rings. The van der Waals surface area contributed by atoms with Crippen LogP contribution in [-0.4, -0.2) is 28.0 Å². The molecule has 3 rings (SSSR count). The molecular formula is C26H29ClN2O4S. The number of hydrogen-bond donors (Lipinski definition) is 1. The standard InChI is InChI=1S/C26H29ClN2O4S/c1-5-24(20-8-11-22(33-4)12-9-20)28-26(30)17-29(25-15-10-21(27)16-19(25)3)34(31,32)23-13-6-18(2)7-14-23/h6-16,24H,5,17H2,1-4H3,(H,28,30). The van der Waals surface area contributed by atoms with Gasteiger partial charge in [0.2, 0.25) is 5.91 Å². The highest BCUT2D eigenvalue weighted by molar-refractivity contribution is 7.92. The summed E-state index contributed by atoms with van der Waals surface area (Å²) in [6, 6.07) is 18.6. The number of carbonyl (C=O) groups excluding carboxylic acids is 1. The van der Waals surface area contributed by atoms with Crippen molar-refractivity contribution in [3.63, 3.8) is 0 Å². The number of aryl methyl sites for hydroxylation is 2. The molecule has 3 aromatic rings. The van der Waals surface area contributed by atoms with Gasteiger partial charge in [-0.25, -0.2) is 8.42 Å². The van der Waals surface area contributed by atoms with E-state index in [4.69, 9.17) is 16.3 Å². The zero-order chi connectivity index (χ0) is 24.9. The lowest BCUT2D eigenvalue weighted by Crippen LogP contribution is -2.42. The topological polar surface area (TPSA) is 75.7 Å². The molecule has 1 unspecified atom stereocenters. The van der Waals surface area contributed by atoms with Crippen LogP contribution in [0.3, 0.4) is 0 Å². The molecule has 0 aromatic heterocycles. The van der Waals surface area contributed by atoms with Crippen molar-refractivity contribution in [1.29, 1.82) is 0 Å². The van der Waals surface area contributed by atoms with Crippen molar-refractivity contribution >= 4 is 33.2 Å². The quantitative estimate of drug-likeness (QED) is 0.425. The first kappa shape index (κ1) is 25.6. The highest BCUT2D eigenvalue weighted by Crippen LogP contribution is 2.29. The number of sulfonamides is 1. The van der Waals surface area contributed by atoms with Crippen LogP contribution >= 0.6 is 11.6 Å².